The Kier molecular flexibility index (Phi) is 5.32. The van der Waals surface area contributed by atoms with Gasteiger partial charge in [-0.2, -0.15) is 0 Å². The van der Waals surface area contributed by atoms with Gasteiger partial charge in [-0.3, -0.25) is 14.9 Å². The fraction of sp³-hybridized carbons (Fsp3) is 0.238. The van der Waals surface area contributed by atoms with Gasteiger partial charge in [-0.15, -0.1) is 5.10 Å². The van der Waals surface area contributed by atoms with Crippen LogP contribution in [0.4, 0.5) is 11.7 Å². The summed E-state index contributed by atoms with van der Waals surface area (Å²) in [5.41, 5.74) is 2.01. The molecule has 1 N–H and O–H groups in total. The van der Waals surface area contributed by atoms with Crippen LogP contribution in [0.15, 0.2) is 57.8 Å². The number of hydrogen-bond acceptors (Lipinski definition) is 7. The molecule has 3 aromatic rings. The number of nitrogens with zero attached hydrogens (tertiary/aromatic N) is 3. The molecule has 10 heteroatoms. The SMILES string of the molecule is Cc1cccc(C(=O)Nc2nnc([C@H]3CC(=O)N(c4ccc(S(C)(=O)=O)cc4)C3)o2)c1. The van der Waals surface area contributed by atoms with E-state index in [0.717, 1.165) is 11.8 Å². The summed E-state index contributed by atoms with van der Waals surface area (Å²) in [6.07, 6.45) is 1.30. The summed E-state index contributed by atoms with van der Waals surface area (Å²) in [6, 6.07) is 13.2. The molecule has 1 aliphatic heterocycles. The molecule has 0 spiro atoms. The molecule has 0 unspecified atom stereocenters. The van der Waals surface area contributed by atoms with Crippen LogP contribution in [0.3, 0.4) is 0 Å². The number of sulfone groups is 1. The van der Waals surface area contributed by atoms with Crippen molar-refractivity contribution in [3.05, 3.63) is 65.5 Å². The van der Waals surface area contributed by atoms with E-state index >= 15 is 0 Å². The molecule has 1 aromatic heterocycles. The van der Waals surface area contributed by atoms with Gasteiger partial charge in [-0.05, 0) is 43.3 Å². The third-order valence-corrected chi connectivity index (χ3v) is 6.12. The number of aryl methyl sites for hydroxylation is 1. The molecule has 9 nitrogen and oxygen atoms in total. The van der Waals surface area contributed by atoms with Gasteiger partial charge in [-0.25, -0.2) is 8.42 Å². The van der Waals surface area contributed by atoms with E-state index in [1.807, 2.05) is 13.0 Å². The van der Waals surface area contributed by atoms with Gasteiger partial charge in [0.05, 0.1) is 10.8 Å². The molecule has 1 fully saturated rings. The van der Waals surface area contributed by atoms with E-state index in [4.69, 9.17) is 4.42 Å². The highest BCUT2D eigenvalue weighted by atomic mass is 32.2. The zero-order chi connectivity index (χ0) is 22.2. The Morgan fingerprint density at radius 1 is 1.16 bits per heavy atom. The molecule has 0 saturated carbocycles. The van der Waals surface area contributed by atoms with Gasteiger partial charge in [0, 0.05) is 30.5 Å². The standard InChI is InChI=1S/C21H20N4O5S/c1-13-4-3-5-14(10-13)19(27)22-21-24-23-20(30-21)15-11-18(26)25(12-15)16-6-8-17(9-7-16)31(2,28)29/h3-10,15H,11-12H2,1-2H3,(H,22,24,27)/t15-/m0/s1. The van der Waals surface area contributed by atoms with Gasteiger partial charge in [0.15, 0.2) is 9.84 Å². The number of hydrogen-bond donors (Lipinski definition) is 1. The van der Waals surface area contributed by atoms with E-state index < -0.39 is 9.84 Å². The Bertz CT molecular complexity index is 1250. The number of aromatic nitrogens is 2. The zero-order valence-electron chi connectivity index (χ0n) is 16.9. The van der Waals surface area contributed by atoms with Crippen LogP contribution in [0.1, 0.15) is 34.2 Å². The first-order valence-corrected chi connectivity index (χ1v) is 11.4. The predicted octanol–water partition coefficient (Wildman–Crippen LogP) is 2.55. The summed E-state index contributed by atoms with van der Waals surface area (Å²) in [5.74, 6) is -0.586. The molecule has 1 saturated heterocycles. The second-order valence-electron chi connectivity index (χ2n) is 7.44. The quantitative estimate of drug-likeness (QED) is 0.647. The lowest BCUT2D eigenvalue weighted by atomic mass is 10.1. The average Bonchev–Trinajstić information content (AvgIpc) is 3.34. The van der Waals surface area contributed by atoms with Crippen molar-refractivity contribution in [2.24, 2.45) is 0 Å². The molecule has 31 heavy (non-hydrogen) atoms. The number of nitrogens with one attached hydrogen (secondary N) is 1. The van der Waals surface area contributed by atoms with Crippen molar-refractivity contribution in [2.75, 3.05) is 23.0 Å². The maximum atomic E-state index is 12.5. The smallest absolute Gasteiger partial charge is 0.322 e. The largest absolute Gasteiger partial charge is 0.407 e. The van der Waals surface area contributed by atoms with E-state index in [-0.39, 0.29) is 41.0 Å². The minimum Gasteiger partial charge on any atom is -0.407 e. The number of carbonyl (C=O) groups is 2. The number of rotatable bonds is 5. The van der Waals surface area contributed by atoms with Crippen molar-refractivity contribution in [1.82, 2.24) is 10.2 Å². The van der Waals surface area contributed by atoms with Crippen LogP contribution in [0, 0.1) is 6.92 Å². The Morgan fingerprint density at radius 3 is 2.58 bits per heavy atom. The minimum atomic E-state index is -3.31. The van der Waals surface area contributed by atoms with Crippen molar-refractivity contribution in [3.8, 4) is 0 Å². The first kappa shape index (κ1) is 20.7. The van der Waals surface area contributed by atoms with Gasteiger partial charge in [0.1, 0.15) is 0 Å². The monoisotopic (exact) mass is 440 g/mol. The van der Waals surface area contributed by atoms with Crippen molar-refractivity contribution >= 4 is 33.4 Å². The molecule has 1 atom stereocenters. The minimum absolute atomic E-state index is 0.0371. The van der Waals surface area contributed by atoms with E-state index in [2.05, 4.69) is 15.5 Å². The van der Waals surface area contributed by atoms with Crippen molar-refractivity contribution in [2.45, 2.75) is 24.2 Å². The van der Waals surface area contributed by atoms with E-state index in [1.165, 1.54) is 12.1 Å². The number of benzene rings is 2. The molecule has 2 amide bonds. The summed E-state index contributed by atoms with van der Waals surface area (Å²) in [4.78, 5) is 26.6. The lowest BCUT2D eigenvalue weighted by Gasteiger charge is -2.16. The molecular formula is C21H20N4O5S. The highest BCUT2D eigenvalue weighted by Crippen LogP contribution is 2.32. The Labute approximate surface area is 179 Å². The lowest BCUT2D eigenvalue weighted by molar-refractivity contribution is -0.117. The van der Waals surface area contributed by atoms with E-state index in [1.54, 1.807) is 35.2 Å². The van der Waals surface area contributed by atoms with Gasteiger partial charge >= 0.3 is 6.01 Å². The van der Waals surface area contributed by atoms with Gasteiger partial charge in [0.25, 0.3) is 5.91 Å². The van der Waals surface area contributed by atoms with Crippen LogP contribution in [-0.4, -0.2) is 43.2 Å². The Hall–Kier alpha value is -3.53. The molecule has 4 rings (SSSR count). The maximum Gasteiger partial charge on any atom is 0.322 e. The normalized spacial score (nSPS) is 16.5. The van der Waals surface area contributed by atoms with Crippen molar-refractivity contribution in [1.29, 1.82) is 0 Å². The van der Waals surface area contributed by atoms with E-state index in [9.17, 15) is 18.0 Å². The summed E-state index contributed by atoms with van der Waals surface area (Å²) >= 11 is 0. The molecule has 0 radical (unpaired) electrons. The van der Waals surface area contributed by atoms with Gasteiger partial charge in [0.2, 0.25) is 11.8 Å². The Morgan fingerprint density at radius 2 is 1.90 bits per heavy atom. The van der Waals surface area contributed by atoms with Crippen molar-refractivity contribution in [3.63, 3.8) is 0 Å². The molecule has 2 aromatic carbocycles. The molecular weight excluding hydrogens is 420 g/mol. The van der Waals surface area contributed by atoms with Crippen LogP contribution in [0.25, 0.3) is 0 Å². The van der Waals surface area contributed by atoms with Crippen LogP contribution in [-0.2, 0) is 14.6 Å². The van der Waals surface area contributed by atoms with Crippen LogP contribution < -0.4 is 10.2 Å². The number of amides is 2. The van der Waals surface area contributed by atoms with Crippen LogP contribution >= 0.6 is 0 Å². The molecule has 0 aliphatic carbocycles. The van der Waals surface area contributed by atoms with Crippen molar-refractivity contribution < 1.29 is 22.4 Å². The van der Waals surface area contributed by atoms with Gasteiger partial charge in [-0.1, -0.05) is 22.8 Å². The van der Waals surface area contributed by atoms with E-state index in [0.29, 0.717) is 17.8 Å². The average molecular weight is 440 g/mol. The van der Waals surface area contributed by atoms with Crippen LogP contribution in [0.2, 0.25) is 0 Å². The fourth-order valence-corrected chi connectivity index (χ4v) is 4.03. The first-order valence-electron chi connectivity index (χ1n) is 9.52. The summed E-state index contributed by atoms with van der Waals surface area (Å²) < 4.78 is 28.8. The zero-order valence-corrected chi connectivity index (χ0v) is 17.7. The van der Waals surface area contributed by atoms with Crippen LogP contribution in [0.5, 0.6) is 0 Å². The second kappa shape index (κ2) is 7.95. The third-order valence-electron chi connectivity index (χ3n) is 4.99. The first-order chi connectivity index (χ1) is 14.7. The van der Waals surface area contributed by atoms with Gasteiger partial charge < -0.3 is 9.32 Å². The maximum absolute atomic E-state index is 12.5. The fourth-order valence-electron chi connectivity index (χ4n) is 3.40. The lowest BCUT2D eigenvalue weighted by Crippen LogP contribution is -2.24. The molecule has 0 bridgehead atoms. The summed E-state index contributed by atoms with van der Waals surface area (Å²) in [6.45, 7) is 2.20. The summed E-state index contributed by atoms with van der Waals surface area (Å²) in [5, 5.41) is 10.4. The number of anilines is 2. The molecule has 2 heterocycles. The summed E-state index contributed by atoms with van der Waals surface area (Å²) in [7, 11) is -3.31. The topological polar surface area (TPSA) is 122 Å². The molecule has 160 valence electrons. The third kappa shape index (κ3) is 4.48. The highest BCUT2D eigenvalue weighted by Gasteiger charge is 2.35. The number of carbonyl (C=O) groups excluding carboxylic acids is 2. The predicted molar refractivity (Wildman–Crippen MR) is 113 cm³/mol. The second-order valence-corrected chi connectivity index (χ2v) is 9.46. The molecule has 1 aliphatic rings. The Balaban J connectivity index is 1.45. The highest BCUT2D eigenvalue weighted by molar-refractivity contribution is 7.90.